The molecule has 1 aliphatic rings. The molecular weight excluding hydrogens is 346 g/mol. The summed E-state index contributed by atoms with van der Waals surface area (Å²) in [6.07, 6.45) is 1.96. The van der Waals surface area contributed by atoms with Gasteiger partial charge >= 0.3 is 6.03 Å². The Hall–Kier alpha value is -2.54. The smallest absolute Gasteiger partial charge is 0.319 e. The fourth-order valence-electron chi connectivity index (χ4n) is 3.34. The standard InChI is InChI=1S/C20H27N3O4/c1-4-26-16-7-8-18-14(11-16)10-15(19(24)21-18)12-23(20(25)22(2)3)13-17-6-5-9-27-17/h7-8,10-11,17H,4-6,9,12-13H2,1-3H3,(H,21,24). The van der Waals surface area contributed by atoms with Crippen molar-refractivity contribution in [1.29, 1.82) is 0 Å². The van der Waals surface area contributed by atoms with Gasteiger partial charge < -0.3 is 24.3 Å². The number of amides is 2. The first-order valence-corrected chi connectivity index (χ1v) is 9.34. The molecule has 146 valence electrons. The van der Waals surface area contributed by atoms with Gasteiger partial charge in [0, 0.05) is 43.7 Å². The van der Waals surface area contributed by atoms with Gasteiger partial charge in [-0.2, -0.15) is 0 Å². The van der Waals surface area contributed by atoms with E-state index in [1.54, 1.807) is 19.0 Å². The number of aromatic nitrogens is 1. The molecule has 2 aromatic rings. The minimum Gasteiger partial charge on any atom is -0.494 e. The Morgan fingerprint density at radius 3 is 2.81 bits per heavy atom. The lowest BCUT2D eigenvalue weighted by Gasteiger charge is -2.28. The highest BCUT2D eigenvalue weighted by Gasteiger charge is 2.24. The van der Waals surface area contributed by atoms with Gasteiger partial charge in [-0.15, -0.1) is 0 Å². The van der Waals surface area contributed by atoms with Gasteiger partial charge in [-0.1, -0.05) is 0 Å². The van der Waals surface area contributed by atoms with Crippen LogP contribution in [0.2, 0.25) is 0 Å². The lowest BCUT2D eigenvalue weighted by molar-refractivity contribution is 0.0742. The predicted octanol–water partition coefficient (Wildman–Crippen LogP) is 2.59. The topological polar surface area (TPSA) is 74.9 Å². The zero-order chi connectivity index (χ0) is 19.4. The summed E-state index contributed by atoms with van der Waals surface area (Å²) >= 11 is 0. The van der Waals surface area contributed by atoms with Crippen LogP contribution in [-0.4, -0.2) is 60.8 Å². The fraction of sp³-hybridized carbons (Fsp3) is 0.500. The second-order valence-electron chi connectivity index (χ2n) is 7.00. The number of rotatable bonds is 6. The Balaban J connectivity index is 1.88. The second-order valence-corrected chi connectivity index (χ2v) is 7.00. The Labute approximate surface area is 158 Å². The van der Waals surface area contributed by atoms with Crippen molar-refractivity contribution in [3.05, 3.63) is 40.2 Å². The number of H-pyrrole nitrogens is 1. The predicted molar refractivity (Wildman–Crippen MR) is 104 cm³/mol. The summed E-state index contributed by atoms with van der Waals surface area (Å²) in [6, 6.07) is 7.27. The average molecular weight is 373 g/mol. The van der Waals surface area contributed by atoms with E-state index in [0.717, 1.165) is 36.1 Å². The number of pyridine rings is 1. The van der Waals surface area contributed by atoms with E-state index >= 15 is 0 Å². The number of fused-ring (bicyclic) bond motifs is 1. The molecule has 7 heteroatoms. The molecule has 0 radical (unpaired) electrons. The summed E-state index contributed by atoms with van der Waals surface area (Å²) in [6.45, 7) is 3.95. The molecule has 1 atom stereocenters. The maximum atomic E-state index is 12.6. The van der Waals surface area contributed by atoms with Gasteiger partial charge in [-0.25, -0.2) is 4.79 Å². The molecular formula is C20H27N3O4. The summed E-state index contributed by atoms with van der Waals surface area (Å²) in [5.41, 5.74) is 1.11. The Morgan fingerprint density at radius 1 is 1.33 bits per heavy atom. The van der Waals surface area contributed by atoms with E-state index in [9.17, 15) is 9.59 Å². The van der Waals surface area contributed by atoms with Gasteiger partial charge in [-0.05, 0) is 44.0 Å². The maximum absolute atomic E-state index is 12.6. The largest absolute Gasteiger partial charge is 0.494 e. The van der Waals surface area contributed by atoms with E-state index in [4.69, 9.17) is 9.47 Å². The SMILES string of the molecule is CCOc1ccc2[nH]c(=O)c(CN(CC3CCCO3)C(=O)N(C)C)cc2c1. The summed E-state index contributed by atoms with van der Waals surface area (Å²) in [5, 5.41) is 0.880. The van der Waals surface area contributed by atoms with E-state index in [0.29, 0.717) is 18.7 Å². The third-order valence-corrected chi connectivity index (χ3v) is 4.67. The van der Waals surface area contributed by atoms with Crippen molar-refractivity contribution in [2.45, 2.75) is 32.4 Å². The summed E-state index contributed by atoms with van der Waals surface area (Å²) in [4.78, 5) is 31.3. The molecule has 1 aromatic carbocycles. The van der Waals surface area contributed by atoms with E-state index < -0.39 is 0 Å². The highest BCUT2D eigenvalue weighted by atomic mass is 16.5. The number of aromatic amines is 1. The molecule has 1 saturated heterocycles. The van der Waals surface area contributed by atoms with Gasteiger partial charge in [0.25, 0.3) is 5.56 Å². The number of carbonyl (C=O) groups is 1. The van der Waals surface area contributed by atoms with Gasteiger partial charge in [0.15, 0.2) is 0 Å². The van der Waals surface area contributed by atoms with Crippen LogP contribution in [0.15, 0.2) is 29.1 Å². The van der Waals surface area contributed by atoms with Crippen LogP contribution in [-0.2, 0) is 11.3 Å². The van der Waals surface area contributed by atoms with Crippen molar-refractivity contribution >= 4 is 16.9 Å². The van der Waals surface area contributed by atoms with Gasteiger partial charge in [-0.3, -0.25) is 4.79 Å². The van der Waals surface area contributed by atoms with E-state index in [1.165, 1.54) is 4.90 Å². The van der Waals surface area contributed by atoms with Crippen LogP contribution in [0.3, 0.4) is 0 Å². The molecule has 1 aliphatic heterocycles. The monoisotopic (exact) mass is 373 g/mol. The Morgan fingerprint density at radius 2 is 2.15 bits per heavy atom. The number of hydrogen-bond donors (Lipinski definition) is 1. The highest BCUT2D eigenvalue weighted by molar-refractivity contribution is 5.80. The summed E-state index contributed by atoms with van der Waals surface area (Å²) < 4.78 is 11.2. The average Bonchev–Trinajstić information content (AvgIpc) is 3.14. The van der Waals surface area contributed by atoms with Crippen LogP contribution in [0.5, 0.6) is 5.75 Å². The molecule has 1 N–H and O–H groups in total. The Bertz CT molecular complexity index is 856. The normalized spacial score (nSPS) is 16.5. The number of hydrogen-bond acceptors (Lipinski definition) is 4. The first-order valence-electron chi connectivity index (χ1n) is 9.34. The number of nitrogens with zero attached hydrogens (tertiary/aromatic N) is 2. The van der Waals surface area contributed by atoms with Crippen molar-refractivity contribution in [2.75, 3.05) is 33.9 Å². The molecule has 1 unspecified atom stereocenters. The quantitative estimate of drug-likeness (QED) is 0.845. The maximum Gasteiger partial charge on any atom is 0.319 e. The Kier molecular flexibility index (Phi) is 6.01. The minimum atomic E-state index is -0.185. The first-order chi connectivity index (χ1) is 13.0. The van der Waals surface area contributed by atoms with Crippen LogP contribution in [0, 0.1) is 0 Å². The van der Waals surface area contributed by atoms with Crippen molar-refractivity contribution in [2.24, 2.45) is 0 Å². The van der Waals surface area contributed by atoms with E-state index in [-0.39, 0.29) is 24.2 Å². The number of ether oxygens (including phenoxy) is 2. The molecule has 3 rings (SSSR count). The first kappa shape index (κ1) is 19.2. The summed E-state index contributed by atoms with van der Waals surface area (Å²) in [7, 11) is 3.42. The van der Waals surface area contributed by atoms with Crippen molar-refractivity contribution in [3.63, 3.8) is 0 Å². The molecule has 27 heavy (non-hydrogen) atoms. The van der Waals surface area contributed by atoms with Crippen molar-refractivity contribution in [1.82, 2.24) is 14.8 Å². The van der Waals surface area contributed by atoms with E-state index in [2.05, 4.69) is 4.98 Å². The van der Waals surface area contributed by atoms with Crippen LogP contribution in [0.25, 0.3) is 10.9 Å². The third kappa shape index (κ3) is 4.60. The minimum absolute atomic E-state index is 0.0259. The van der Waals surface area contributed by atoms with Crippen molar-refractivity contribution in [3.8, 4) is 5.75 Å². The fourth-order valence-corrected chi connectivity index (χ4v) is 3.34. The number of nitrogens with one attached hydrogen (secondary N) is 1. The van der Waals surface area contributed by atoms with Gasteiger partial charge in [0.2, 0.25) is 0 Å². The molecule has 1 fully saturated rings. The lowest BCUT2D eigenvalue weighted by atomic mass is 10.1. The molecule has 0 saturated carbocycles. The van der Waals surface area contributed by atoms with Gasteiger partial charge in [0.1, 0.15) is 5.75 Å². The van der Waals surface area contributed by atoms with Crippen LogP contribution < -0.4 is 10.3 Å². The van der Waals surface area contributed by atoms with Crippen LogP contribution >= 0.6 is 0 Å². The molecule has 0 spiro atoms. The van der Waals surface area contributed by atoms with Crippen LogP contribution in [0.1, 0.15) is 25.3 Å². The zero-order valence-electron chi connectivity index (χ0n) is 16.2. The molecule has 0 bridgehead atoms. The molecule has 1 aromatic heterocycles. The van der Waals surface area contributed by atoms with Crippen LogP contribution in [0.4, 0.5) is 4.79 Å². The highest BCUT2D eigenvalue weighted by Crippen LogP contribution is 2.20. The van der Waals surface area contributed by atoms with Gasteiger partial charge in [0.05, 0.1) is 19.3 Å². The number of urea groups is 1. The number of carbonyl (C=O) groups excluding carboxylic acids is 1. The summed E-state index contributed by atoms with van der Waals surface area (Å²) in [5.74, 6) is 0.753. The third-order valence-electron chi connectivity index (χ3n) is 4.67. The molecule has 7 nitrogen and oxygen atoms in total. The van der Waals surface area contributed by atoms with E-state index in [1.807, 2.05) is 31.2 Å². The molecule has 2 heterocycles. The zero-order valence-corrected chi connectivity index (χ0v) is 16.2. The lowest BCUT2D eigenvalue weighted by Crippen LogP contribution is -2.43. The number of benzene rings is 1. The molecule has 2 amide bonds. The van der Waals surface area contributed by atoms with Crippen molar-refractivity contribution < 1.29 is 14.3 Å². The second kappa shape index (κ2) is 8.43. The molecule has 0 aliphatic carbocycles.